The van der Waals surface area contributed by atoms with Crippen molar-refractivity contribution in [3.8, 4) is 0 Å². The summed E-state index contributed by atoms with van der Waals surface area (Å²) in [6.45, 7) is 14.0. The van der Waals surface area contributed by atoms with Crippen LogP contribution < -0.4 is 10.2 Å². The van der Waals surface area contributed by atoms with E-state index in [1.165, 1.54) is 5.69 Å². The first-order valence-electron chi connectivity index (χ1n) is 10.3. The topological polar surface area (TPSA) is 51.2 Å². The molecule has 1 amide bonds. The van der Waals surface area contributed by atoms with Crippen LogP contribution in [0.2, 0.25) is 0 Å². The molecule has 0 aromatic heterocycles. The number of para-hydroxylation sites is 1. The van der Waals surface area contributed by atoms with E-state index in [0.29, 0.717) is 13.0 Å². The minimum Gasteiger partial charge on any atom is -0.368 e. The standard InChI is InChI=1S/C22H35N5O.HI/c1-21(2)17-27(22(21,3)4)20(23-5)24-12-11-19(28)26-15-13-25(14-16-26)18-9-7-6-8-10-18;/h6-10H,11-17H2,1-5H3,(H,23,24);1H. The molecule has 7 heteroatoms. The van der Waals surface area contributed by atoms with Crippen molar-refractivity contribution in [2.75, 3.05) is 51.2 Å². The number of hydrogen-bond donors (Lipinski definition) is 1. The van der Waals surface area contributed by atoms with E-state index < -0.39 is 0 Å². The number of nitrogens with zero attached hydrogens (tertiary/aromatic N) is 4. The number of likely N-dealkylation sites (tertiary alicyclic amines) is 1. The number of guanidine groups is 1. The first kappa shape index (κ1) is 23.8. The van der Waals surface area contributed by atoms with Crippen molar-refractivity contribution in [1.82, 2.24) is 15.1 Å². The summed E-state index contributed by atoms with van der Waals surface area (Å²) < 4.78 is 0. The average Bonchev–Trinajstić information content (AvgIpc) is 2.70. The number of piperazine rings is 1. The Morgan fingerprint density at radius 1 is 1.07 bits per heavy atom. The third kappa shape index (κ3) is 4.98. The number of carbonyl (C=O) groups excluding carboxylic acids is 1. The molecule has 1 aromatic carbocycles. The highest BCUT2D eigenvalue weighted by atomic mass is 127. The smallest absolute Gasteiger partial charge is 0.224 e. The van der Waals surface area contributed by atoms with Crippen LogP contribution in [0.5, 0.6) is 0 Å². The molecule has 2 saturated heterocycles. The molecule has 1 aromatic rings. The summed E-state index contributed by atoms with van der Waals surface area (Å²) in [4.78, 5) is 23.7. The molecule has 0 spiro atoms. The highest BCUT2D eigenvalue weighted by molar-refractivity contribution is 14.0. The van der Waals surface area contributed by atoms with Gasteiger partial charge < -0.3 is 20.0 Å². The van der Waals surface area contributed by atoms with E-state index >= 15 is 0 Å². The molecule has 2 aliphatic heterocycles. The van der Waals surface area contributed by atoms with Crippen molar-refractivity contribution in [3.63, 3.8) is 0 Å². The normalized spacial score (nSPS) is 20.6. The van der Waals surface area contributed by atoms with Gasteiger partial charge in [0.1, 0.15) is 0 Å². The largest absolute Gasteiger partial charge is 0.368 e. The third-order valence-electron chi connectivity index (χ3n) is 6.73. The zero-order valence-corrected chi connectivity index (χ0v) is 20.8. The molecule has 162 valence electrons. The Kier molecular flexibility index (Phi) is 7.81. The van der Waals surface area contributed by atoms with Crippen LogP contribution in [0.1, 0.15) is 34.1 Å². The van der Waals surface area contributed by atoms with Gasteiger partial charge in [-0.25, -0.2) is 0 Å². The second-order valence-electron chi connectivity index (χ2n) is 8.96. The van der Waals surface area contributed by atoms with Crippen LogP contribution in [-0.2, 0) is 4.79 Å². The number of aliphatic imine (C=N–C) groups is 1. The molecule has 0 atom stereocenters. The Bertz CT molecular complexity index is 711. The van der Waals surface area contributed by atoms with E-state index in [9.17, 15) is 4.79 Å². The SMILES string of the molecule is CN=C(NCCC(=O)N1CCN(c2ccccc2)CC1)N1CC(C)(C)C1(C)C.I. The second kappa shape index (κ2) is 9.53. The van der Waals surface area contributed by atoms with Crippen molar-refractivity contribution >= 4 is 41.5 Å². The summed E-state index contributed by atoms with van der Waals surface area (Å²) in [6, 6.07) is 10.4. The Hall–Kier alpha value is -1.51. The summed E-state index contributed by atoms with van der Waals surface area (Å²) >= 11 is 0. The van der Waals surface area contributed by atoms with Crippen LogP contribution in [0, 0.1) is 5.41 Å². The van der Waals surface area contributed by atoms with Crippen LogP contribution >= 0.6 is 24.0 Å². The number of rotatable bonds is 4. The third-order valence-corrected chi connectivity index (χ3v) is 6.73. The number of benzene rings is 1. The zero-order valence-electron chi connectivity index (χ0n) is 18.4. The maximum Gasteiger partial charge on any atom is 0.224 e. The first-order chi connectivity index (χ1) is 13.3. The van der Waals surface area contributed by atoms with Gasteiger partial charge in [0.05, 0.1) is 0 Å². The molecular formula is C22H36IN5O. The monoisotopic (exact) mass is 513 g/mol. The van der Waals surface area contributed by atoms with E-state index in [-0.39, 0.29) is 40.8 Å². The predicted molar refractivity (Wildman–Crippen MR) is 131 cm³/mol. The number of nitrogens with one attached hydrogen (secondary N) is 1. The van der Waals surface area contributed by atoms with E-state index in [1.54, 1.807) is 0 Å². The zero-order chi connectivity index (χ0) is 20.4. The minimum absolute atomic E-state index is 0. The Morgan fingerprint density at radius 3 is 2.21 bits per heavy atom. The molecule has 1 N–H and O–H groups in total. The van der Waals surface area contributed by atoms with E-state index in [0.717, 1.165) is 38.7 Å². The molecule has 0 aliphatic carbocycles. The predicted octanol–water partition coefficient (Wildman–Crippen LogP) is 3.04. The fourth-order valence-electron chi connectivity index (χ4n) is 3.99. The average molecular weight is 513 g/mol. The van der Waals surface area contributed by atoms with Crippen molar-refractivity contribution in [2.45, 2.75) is 39.7 Å². The summed E-state index contributed by atoms with van der Waals surface area (Å²) in [5.41, 5.74) is 1.56. The Balaban J connectivity index is 0.00000300. The summed E-state index contributed by atoms with van der Waals surface area (Å²) in [5.74, 6) is 1.12. The van der Waals surface area contributed by atoms with Gasteiger partial charge in [-0.2, -0.15) is 0 Å². The lowest BCUT2D eigenvalue weighted by Gasteiger charge is -2.62. The van der Waals surface area contributed by atoms with Gasteiger partial charge in [-0.15, -0.1) is 24.0 Å². The van der Waals surface area contributed by atoms with Gasteiger partial charge in [-0.05, 0) is 26.0 Å². The van der Waals surface area contributed by atoms with Gasteiger partial charge in [0.15, 0.2) is 5.96 Å². The highest BCUT2D eigenvalue weighted by Gasteiger charge is 2.53. The lowest BCUT2D eigenvalue weighted by molar-refractivity contribution is -0.131. The van der Waals surface area contributed by atoms with Gasteiger partial charge in [-0.1, -0.05) is 32.0 Å². The maximum absolute atomic E-state index is 12.6. The van der Waals surface area contributed by atoms with Crippen LogP contribution in [-0.4, -0.2) is 73.5 Å². The lowest BCUT2D eigenvalue weighted by Crippen LogP contribution is -2.72. The summed E-state index contributed by atoms with van der Waals surface area (Å²) in [5, 5.41) is 3.39. The van der Waals surface area contributed by atoms with Gasteiger partial charge in [0.25, 0.3) is 0 Å². The molecule has 2 fully saturated rings. The van der Waals surface area contributed by atoms with Crippen molar-refractivity contribution in [2.24, 2.45) is 10.4 Å². The van der Waals surface area contributed by atoms with E-state index in [2.05, 4.69) is 72.1 Å². The fourth-order valence-corrected chi connectivity index (χ4v) is 3.99. The maximum atomic E-state index is 12.6. The molecule has 0 bridgehead atoms. The minimum atomic E-state index is 0. The number of anilines is 1. The van der Waals surface area contributed by atoms with Crippen molar-refractivity contribution < 1.29 is 4.79 Å². The molecule has 3 rings (SSSR count). The molecule has 2 aliphatic rings. The fraction of sp³-hybridized carbons (Fsp3) is 0.636. The Morgan fingerprint density at radius 2 is 1.69 bits per heavy atom. The van der Waals surface area contributed by atoms with Crippen LogP contribution in [0.15, 0.2) is 35.3 Å². The molecule has 6 nitrogen and oxygen atoms in total. The lowest BCUT2D eigenvalue weighted by atomic mass is 9.65. The van der Waals surface area contributed by atoms with Gasteiger partial charge in [0, 0.05) is 69.4 Å². The quantitative estimate of drug-likeness (QED) is 0.382. The Labute approximate surface area is 192 Å². The van der Waals surface area contributed by atoms with Crippen LogP contribution in [0.3, 0.4) is 0 Å². The highest BCUT2D eigenvalue weighted by Crippen LogP contribution is 2.46. The molecule has 0 radical (unpaired) electrons. The molecule has 0 unspecified atom stereocenters. The number of carbonyl (C=O) groups is 1. The number of hydrogen-bond acceptors (Lipinski definition) is 3. The van der Waals surface area contributed by atoms with Crippen LogP contribution in [0.4, 0.5) is 5.69 Å². The van der Waals surface area contributed by atoms with E-state index in [4.69, 9.17) is 0 Å². The van der Waals surface area contributed by atoms with Gasteiger partial charge >= 0.3 is 0 Å². The van der Waals surface area contributed by atoms with Gasteiger partial charge in [-0.3, -0.25) is 9.79 Å². The molecule has 29 heavy (non-hydrogen) atoms. The molecular weight excluding hydrogens is 477 g/mol. The van der Waals surface area contributed by atoms with Gasteiger partial charge in [0.2, 0.25) is 5.91 Å². The number of amides is 1. The first-order valence-corrected chi connectivity index (χ1v) is 10.3. The molecule has 2 heterocycles. The molecule has 0 saturated carbocycles. The van der Waals surface area contributed by atoms with Crippen molar-refractivity contribution in [3.05, 3.63) is 30.3 Å². The summed E-state index contributed by atoms with van der Waals surface area (Å²) in [6.07, 6.45) is 0.502. The second-order valence-corrected chi connectivity index (χ2v) is 8.96. The summed E-state index contributed by atoms with van der Waals surface area (Å²) in [7, 11) is 1.81. The number of halogens is 1. The van der Waals surface area contributed by atoms with E-state index in [1.807, 2.05) is 18.0 Å². The van der Waals surface area contributed by atoms with Crippen LogP contribution in [0.25, 0.3) is 0 Å². The van der Waals surface area contributed by atoms with Crippen molar-refractivity contribution in [1.29, 1.82) is 0 Å².